The van der Waals surface area contributed by atoms with E-state index in [2.05, 4.69) is 17.5 Å². The average molecular weight is 280 g/mol. The molecule has 1 aliphatic rings. The number of para-hydroxylation sites is 1. The molecule has 0 saturated heterocycles. The van der Waals surface area contributed by atoms with Gasteiger partial charge in [-0.2, -0.15) is 5.26 Å². The second kappa shape index (κ2) is 5.86. The summed E-state index contributed by atoms with van der Waals surface area (Å²) in [6.07, 6.45) is 0. The van der Waals surface area contributed by atoms with E-state index in [9.17, 15) is 0 Å². The molecule has 3 rings (SSSR count). The van der Waals surface area contributed by atoms with E-state index in [0.717, 1.165) is 17.1 Å². The normalized spacial score (nSPS) is 15.9. The largest absolute Gasteiger partial charge is 0.496 e. The number of methoxy groups -OCH3 is 1. The fourth-order valence-corrected chi connectivity index (χ4v) is 2.55. The molecule has 106 valence electrons. The van der Waals surface area contributed by atoms with Gasteiger partial charge in [-0.3, -0.25) is 0 Å². The Hall–Kier alpha value is -2.51. The Morgan fingerprint density at radius 1 is 1.33 bits per heavy atom. The van der Waals surface area contributed by atoms with E-state index in [0.29, 0.717) is 18.7 Å². The maximum absolute atomic E-state index is 9.00. The molecule has 0 saturated carbocycles. The molecule has 4 nitrogen and oxygen atoms in total. The second-order valence-electron chi connectivity index (χ2n) is 4.92. The standard InChI is InChI=1S/C17H16N2O2/c1-20-16-7-6-12(9-18)8-13(16)10-19-15-11-21-17-5-3-2-4-14(15)17/h2-8,15,19H,10-11H2,1H3. The highest BCUT2D eigenvalue weighted by atomic mass is 16.5. The summed E-state index contributed by atoms with van der Waals surface area (Å²) in [5.41, 5.74) is 2.78. The van der Waals surface area contributed by atoms with E-state index in [1.54, 1.807) is 13.2 Å². The van der Waals surface area contributed by atoms with Gasteiger partial charge in [0.15, 0.2) is 0 Å². The highest BCUT2D eigenvalue weighted by molar-refractivity contribution is 5.43. The lowest BCUT2D eigenvalue weighted by Crippen LogP contribution is -2.22. The van der Waals surface area contributed by atoms with Crippen LogP contribution in [-0.4, -0.2) is 13.7 Å². The van der Waals surface area contributed by atoms with Gasteiger partial charge in [0.2, 0.25) is 0 Å². The average Bonchev–Trinajstić information content (AvgIpc) is 2.96. The highest BCUT2D eigenvalue weighted by Gasteiger charge is 2.23. The van der Waals surface area contributed by atoms with E-state index in [4.69, 9.17) is 14.7 Å². The molecule has 0 amide bonds. The summed E-state index contributed by atoms with van der Waals surface area (Å²) < 4.78 is 11.0. The monoisotopic (exact) mass is 280 g/mol. The molecule has 0 fully saturated rings. The van der Waals surface area contributed by atoms with Crippen LogP contribution in [0, 0.1) is 11.3 Å². The molecule has 1 atom stereocenters. The molecule has 0 radical (unpaired) electrons. The minimum absolute atomic E-state index is 0.164. The van der Waals surface area contributed by atoms with Crippen molar-refractivity contribution < 1.29 is 9.47 Å². The fourth-order valence-electron chi connectivity index (χ4n) is 2.55. The van der Waals surface area contributed by atoms with E-state index >= 15 is 0 Å². The van der Waals surface area contributed by atoms with Gasteiger partial charge in [-0.05, 0) is 24.3 Å². The van der Waals surface area contributed by atoms with Crippen molar-refractivity contribution >= 4 is 0 Å². The van der Waals surface area contributed by atoms with Crippen molar-refractivity contribution in [1.29, 1.82) is 5.26 Å². The van der Waals surface area contributed by atoms with Crippen LogP contribution in [0.15, 0.2) is 42.5 Å². The number of ether oxygens (including phenoxy) is 2. The smallest absolute Gasteiger partial charge is 0.124 e. The van der Waals surface area contributed by atoms with Crippen LogP contribution in [0.4, 0.5) is 0 Å². The highest BCUT2D eigenvalue weighted by Crippen LogP contribution is 2.32. The van der Waals surface area contributed by atoms with Crippen molar-refractivity contribution in [2.75, 3.05) is 13.7 Å². The summed E-state index contributed by atoms with van der Waals surface area (Å²) >= 11 is 0. The van der Waals surface area contributed by atoms with Crippen molar-refractivity contribution in [3.63, 3.8) is 0 Å². The van der Waals surface area contributed by atoms with Gasteiger partial charge in [0.05, 0.1) is 24.8 Å². The van der Waals surface area contributed by atoms with Gasteiger partial charge in [0.1, 0.15) is 18.1 Å². The Labute approximate surface area is 123 Å². The van der Waals surface area contributed by atoms with Crippen LogP contribution >= 0.6 is 0 Å². The van der Waals surface area contributed by atoms with Crippen molar-refractivity contribution in [3.8, 4) is 17.6 Å². The lowest BCUT2D eigenvalue weighted by Gasteiger charge is -2.14. The van der Waals surface area contributed by atoms with Gasteiger partial charge >= 0.3 is 0 Å². The first kappa shape index (κ1) is 13.5. The Morgan fingerprint density at radius 2 is 2.19 bits per heavy atom. The minimum Gasteiger partial charge on any atom is -0.496 e. The number of fused-ring (bicyclic) bond motifs is 1. The summed E-state index contributed by atoms with van der Waals surface area (Å²) in [5, 5.41) is 12.5. The van der Waals surface area contributed by atoms with Gasteiger partial charge in [0, 0.05) is 17.7 Å². The number of nitrogens with zero attached hydrogens (tertiary/aromatic N) is 1. The molecule has 1 heterocycles. The SMILES string of the molecule is COc1ccc(C#N)cc1CNC1COc2ccccc21. The maximum atomic E-state index is 9.00. The lowest BCUT2D eigenvalue weighted by atomic mass is 10.1. The van der Waals surface area contributed by atoms with Crippen LogP contribution in [-0.2, 0) is 6.54 Å². The van der Waals surface area contributed by atoms with Gasteiger partial charge in [-0.25, -0.2) is 0 Å². The number of benzene rings is 2. The summed E-state index contributed by atoms with van der Waals surface area (Å²) in [4.78, 5) is 0. The quantitative estimate of drug-likeness (QED) is 0.935. The van der Waals surface area contributed by atoms with Crippen molar-refractivity contribution in [2.24, 2.45) is 0 Å². The first-order valence-corrected chi connectivity index (χ1v) is 6.84. The zero-order valence-electron chi connectivity index (χ0n) is 11.8. The second-order valence-corrected chi connectivity index (χ2v) is 4.92. The van der Waals surface area contributed by atoms with Crippen LogP contribution in [0.3, 0.4) is 0 Å². The van der Waals surface area contributed by atoms with Crippen molar-refractivity contribution in [2.45, 2.75) is 12.6 Å². The summed E-state index contributed by atoms with van der Waals surface area (Å²) in [7, 11) is 1.64. The molecular formula is C17H16N2O2. The third-order valence-corrected chi connectivity index (χ3v) is 3.65. The van der Waals surface area contributed by atoms with Crippen molar-refractivity contribution in [3.05, 3.63) is 59.2 Å². The minimum atomic E-state index is 0.164. The van der Waals surface area contributed by atoms with Crippen LogP contribution in [0.25, 0.3) is 0 Å². The van der Waals surface area contributed by atoms with Gasteiger partial charge in [-0.15, -0.1) is 0 Å². The van der Waals surface area contributed by atoms with Gasteiger partial charge < -0.3 is 14.8 Å². The molecule has 0 bridgehead atoms. The van der Waals surface area contributed by atoms with Crippen LogP contribution in [0.2, 0.25) is 0 Å². The molecule has 1 unspecified atom stereocenters. The van der Waals surface area contributed by atoms with Crippen LogP contribution < -0.4 is 14.8 Å². The van der Waals surface area contributed by atoms with Gasteiger partial charge in [0.25, 0.3) is 0 Å². The molecule has 4 heteroatoms. The maximum Gasteiger partial charge on any atom is 0.124 e. The molecular weight excluding hydrogens is 264 g/mol. The van der Waals surface area contributed by atoms with E-state index < -0.39 is 0 Å². The molecule has 2 aromatic rings. The Balaban J connectivity index is 1.76. The topological polar surface area (TPSA) is 54.3 Å². The van der Waals surface area contributed by atoms with E-state index in [-0.39, 0.29) is 6.04 Å². The summed E-state index contributed by atoms with van der Waals surface area (Å²) in [6.45, 7) is 1.25. The summed E-state index contributed by atoms with van der Waals surface area (Å²) in [5.74, 6) is 1.72. The van der Waals surface area contributed by atoms with E-state index in [1.807, 2.05) is 30.3 Å². The van der Waals surface area contributed by atoms with Crippen LogP contribution in [0.5, 0.6) is 11.5 Å². The Morgan fingerprint density at radius 3 is 3.00 bits per heavy atom. The molecule has 0 aromatic heterocycles. The third kappa shape index (κ3) is 2.69. The zero-order valence-corrected chi connectivity index (χ0v) is 11.8. The predicted octanol–water partition coefficient (Wildman–Crippen LogP) is 2.79. The molecule has 2 aromatic carbocycles. The number of nitrogens with one attached hydrogen (secondary N) is 1. The first-order chi connectivity index (χ1) is 10.3. The molecule has 0 aliphatic carbocycles. The lowest BCUT2D eigenvalue weighted by molar-refractivity contribution is 0.309. The molecule has 1 N–H and O–H groups in total. The Kier molecular flexibility index (Phi) is 3.76. The predicted molar refractivity (Wildman–Crippen MR) is 79.2 cm³/mol. The fraction of sp³-hybridized carbons (Fsp3) is 0.235. The van der Waals surface area contributed by atoms with E-state index in [1.165, 1.54) is 5.56 Å². The van der Waals surface area contributed by atoms with Crippen LogP contribution in [0.1, 0.15) is 22.7 Å². The molecule has 1 aliphatic heterocycles. The number of rotatable bonds is 4. The Bertz CT molecular complexity index is 691. The molecule has 0 spiro atoms. The summed E-state index contributed by atoms with van der Waals surface area (Å²) in [6, 6.07) is 15.8. The number of nitriles is 1. The molecule has 21 heavy (non-hydrogen) atoms. The number of hydrogen-bond acceptors (Lipinski definition) is 4. The van der Waals surface area contributed by atoms with Gasteiger partial charge in [-0.1, -0.05) is 18.2 Å². The first-order valence-electron chi connectivity index (χ1n) is 6.84. The number of hydrogen-bond donors (Lipinski definition) is 1. The zero-order chi connectivity index (χ0) is 14.7. The third-order valence-electron chi connectivity index (χ3n) is 3.65. The van der Waals surface area contributed by atoms with Crippen molar-refractivity contribution in [1.82, 2.24) is 5.32 Å².